The van der Waals surface area contributed by atoms with E-state index < -0.39 is 4.92 Å². The molecule has 9 heteroatoms. The van der Waals surface area contributed by atoms with Gasteiger partial charge in [-0.2, -0.15) is 0 Å². The van der Waals surface area contributed by atoms with E-state index in [9.17, 15) is 14.9 Å². The van der Waals surface area contributed by atoms with Crippen molar-refractivity contribution in [1.29, 1.82) is 0 Å². The zero-order valence-corrected chi connectivity index (χ0v) is 14.5. The fourth-order valence-electron chi connectivity index (χ4n) is 1.95. The molecule has 6 nitrogen and oxygen atoms in total. The number of nitro groups is 1. The number of nitrogens with zero attached hydrogens (tertiary/aromatic N) is 2. The molecule has 1 aromatic carbocycles. The Balaban J connectivity index is 1.89. The SMILES string of the molecule is O=C1/C(=C/c2ccc(Br)o2)SC(=S)N1c1ccc([N+](=O)[O-])cc1. The van der Waals surface area contributed by atoms with Crippen LogP contribution in [0, 0.1) is 10.1 Å². The maximum atomic E-state index is 12.5. The first kappa shape index (κ1) is 15.9. The number of halogens is 1. The Labute approximate surface area is 148 Å². The third-order valence-electron chi connectivity index (χ3n) is 2.98. The standard InChI is InChI=1S/C14H7BrN2O4S2/c15-12-6-5-10(21-12)7-11-13(18)16(14(22)23-11)8-1-3-9(4-2-8)17(19)20/h1-7H/b11-7-. The summed E-state index contributed by atoms with van der Waals surface area (Å²) in [6.45, 7) is 0. The molecule has 1 fully saturated rings. The zero-order valence-electron chi connectivity index (χ0n) is 11.3. The molecular formula is C14H7BrN2O4S2. The molecule has 0 radical (unpaired) electrons. The predicted octanol–water partition coefficient (Wildman–Crippen LogP) is 4.36. The van der Waals surface area contributed by atoms with Crippen molar-refractivity contribution in [2.45, 2.75) is 0 Å². The predicted molar refractivity (Wildman–Crippen MR) is 95.2 cm³/mol. The smallest absolute Gasteiger partial charge is 0.270 e. The minimum atomic E-state index is -0.497. The second-order valence-electron chi connectivity index (χ2n) is 4.43. The van der Waals surface area contributed by atoms with Crippen LogP contribution in [0.25, 0.3) is 6.08 Å². The molecule has 0 unspecified atom stereocenters. The maximum absolute atomic E-state index is 12.5. The summed E-state index contributed by atoms with van der Waals surface area (Å²) in [6, 6.07) is 9.11. The van der Waals surface area contributed by atoms with Gasteiger partial charge in [0.15, 0.2) is 8.99 Å². The number of hydrogen-bond donors (Lipinski definition) is 0. The highest BCUT2D eigenvalue weighted by molar-refractivity contribution is 9.10. The molecule has 1 amide bonds. The largest absolute Gasteiger partial charge is 0.450 e. The normalized spacial score (nSPS) is 16.4. The number of non-ortho nitro benzene ring substituents is 1. The Morgan fingerprint density at radius 3 is 2.52 bits per heavy atom. The molecule has 2 heterocycles. The van der Waals surface area contributed by atoms with Crippen molar-refractivity contribution in [3.8, 4) is 0 Å². The van der Waals surface area contributed by atoms with E-state index in [2.05, 4.69) is 15.9 Å². The lowest BCUT2D eigenvalue weighted by atomic mass is 10.2. The van der Waals surface area contributed by atoms with E-state index in [0.717, 1.165) is 11.8 Å². The van der Waals surface area contributed by atoms with Crippen LogP contribution in [0.3, 0.4) is 0 Å². The third-order valence-corrected chi connectivity index (χ3v) is 4.71. The highest BCUT2D eigenvalue weighted by atomic mass is 79.9. The van der Waals surface area contributed by atoms with E-state index in [1.54, 1.807) is 18.2 Å². The Kier molecular flexibility index (Phi) is 4.33. The van der Waals surface area contributed by atoms with Gasteiger partial charge in [-0.05, 0) is 40.2 Å². The molecule has 0 spiro atoms. The molecule has 1 aromatic heterocycles. The lowest BCUT2D eigenvalue weighted by Gasteiger charge is -2.13. The molecule has 3 rings (SSSR count). The van der Waals surface area contributed by atoms with Crippen molar-refractivity contribution in [3.63, 3.8) is 0 Å². The maximum Gasteiger partial charge on any atom is 0.270 e. The van der Waals surface area contributed by atoms with Crippen molar-refractivity contribution in [2.24, 2.45) is 0 Å². The molecule has 1 aliphatic heterocycles. The lowest BCUT2D eigenvalue weighted by molar-refractivity contribution is -0.384. The number of hydrogen-bond acceptors (Lipinski definition) is 6. The van der Waals surface area contributed by atoms with Gasteiger partial charge >= 0.3 is 0 Å². The van der Waals surface area contributed by atoms with Crippen LogP contribution in [0.4, 0.5) is 11.4 Å². The number of amides is 1. The number of nitro benzene ring substituents is 1. The van der Waals surface area contributed by atoms with Gasteiger partial charge in [0, 0.05) is 18.2 Å². The van der Waals surface area contributed by atoms with Crippen molar-refractivity contribution in [2.75, 3.05) is 4.90 Å². The topological polar surface area (TPSA) is 76.6 Å². The summed E-state index contributed by atoms with van der Waals surface area (Å²) in [4.78, 5) is 24.5. The molecule has 23 heavy (non-hydrogen) atoms. The van der Waals surface area contributed by atoms with E-state index in [0.29, 0.717) is 25.3 Å². The van der Waals surface area contributed by atoms with Crippen LogP contribution >= 0.6 is 39.9 Å². The van der Waals surface area contributed by atoms with Crippen LogP contribution in [0.2, 0.25) is 0 Å². The summed E-state index contributed by atoms with van der Waals surface area (Å²) in [5.41, 5.74) is 0.442. The van der Waals surface area contributed by atoms with Gasteiger partial charge in [-0.3, -0.25) is 19.8 Å². The van der Waals surface area contributed by atoms with Gasteiger partial charge in [0.1, 0.15) is 5.76 Å². The summed E-state index contributed by atoms with van der Waals surface area (Å²) in [7, 11) is 0. The summed E-state index contributed by atoms with van der Waals surface area (Å²) < 4.78 is 6.28. The fourth-order valence-corrected chi connectivity index (χ4v) is 3.55. The molecule has 1 saturated heterocycles. The number of carbonyl (C=O) groups is 1. The minimum Gasteiger partial charge on any atom is -0.450 e. The zero-order chi connectivity index (χ0) is 16.6. The first-order valence-electron chi connectivity index (χ1n) is 6.23. The lowest BCUT2D eigenvalue weighted by Crippen LogP contribution is -2.27. The molecule has 1 aliphatic rings. The average Bonchev–Trinajstić information content (AvgIpc) is 3.03. The quantitative estimate of drug-likeness (QED) is 0.323. The molecule has 0 N–H and O–H groups in total. The van der Waals surface area contributed by atoms with Crippen LogP contribution in [0.1, 0.15) is 5.76 Å². The molecular weight excluding hydrogens is 404 g/mol. The van der Waals surface area contributed by atoms with Crippen molar-refractivity contribution >= 4 is 67.6 Å². The van der Waals surface area contributed by atoms with E-state index in [4.69, 9.17) is 16.6 Å². The molecule has 0 atom stereocenters. The number of furan rings is 1. The highest BCUT2D eigenvalue weighted by Gasteiger charge is 2.33. The third kappa shape index (κ3) is 3.21. The van der Waals surface area contributed by atoms with E-state index >= 15 is 0 Å². The molecule has 116 valence electrons. The second kappa shape index (κ2) is 6.26. The number of benzene rings is 1. The van der Waals surface area contributed by atoms with E-state index in [-0.39, 0.29) is 11.6 Å². The van der Waals surface area contributed by atoms with Crippen LogP contribution < -0.4 is 4.90 Å². The highest BCUT2D eigenvalue weighted by Crippen LogP contribution is 2.36. The van der Waals surface area contributed by atoms with Crippen LogP contribution in [0.15, 0.2) is 50.4 Å². The van der Waals surface area contributed by atoms with Crippen molar-refractivity contribution < 1.29 is 14.1 Å². The van der Waals surface area contributed by atoms with E-state index in [1.807, 2.05) is 0 Å². The number of thioether (sulfide) groups is 1. The number of carbonyl (C=O) groups excluding carboxylic acids is 1. The summed E-state index contributed by atoms with van der Waals surface area (Å²) in [5, 5.41) is 10.7. The van der Waals surface area contributed by atoms with Crippen molar-refractivity contribution in [1.82, 2.24) is 0 Å². The second-order valence-corrected chi connectivity index (χ2v) is 6.89. The van der Waals surface area contributed by atoms with Gasteiger partial charge in [0.05, 0.1) is 15.5 Å². The molecule has 0 aliphatic carbocycles. The summed E-state index contributed by atoms with van der Waals surface area (Å²) in [5.74, 6) is 0.238. The average molecular weight is 411 g/mol. The van der Waals surface area contributed by atoms with Gasteiger partial charge < -0.3 is 4.42 Å². The van der Waals surface area contributed by atoms with Crippen molar-refractivity contribution in [3.05, 3.63) is 61.8 Å². The first-order valence-corrected chi connectivity index (χ1v) is 8.25. The molecule has 0 bridgehead atoms. The summed E-state index contributed by atoms with van der Waals surface area (Å²) >= 11 is 9.58. The van der Waals surface area contributed by atoms with Gasteiger partial charge in [-0.1, -0.05) is 24.0 Å². The fraction of sp³-hybridized carbons (Fsp3) is 0. The Morgan fingerprint density at radius 2 is 1.96 bits per heavy atom. The van der Waals surface area contributed by atoms with Gasteiger partial charge in [-0.25, -0.2) is 0 Å². The monoisotopic (exact) mass is 410 g/mol. The Hall–Kier alpha value is -1.97. The first-order chi connectivity index (χ1) is 11.0. The van der Waals surface area contributed by atoms with E-state index in [1.165, 1.54) is 29.2 Å². The molecule has 0 saturated carbocycles. The van der Waals surface area contributed by atoms with Crippen LogP contribution in [0.5, 0.6) is 0 Å². The minimum absolute atomic E-state index is 0.0461. The van der Waals surface area contributed by atoms with Gasteiger partial charge in [0.2, 0.25) is 0 Å². The number of thiocarbonyl (C=S) groups is 1. The number of rotatable bonds is 3. The Morgan fingerprint density at radius 1 is 1.26 bits per heavy atom. The van der Waals surface area contributed by atoms with Crippen LogP contribution in [-0.2, 0) is 4.79 Å². The van der Waals surface area contributed by atoms with Gasteiger partial charge in [0.25, 0.3) is 11.6 Å². The Bertz CT molecular complexity index is 845. The van der Waals surface area contributed by atoms with Crippen LogP contribution in [-0.4, -0.2) is 15.2 Å². The number of anilines is 1. The van der Waals surface area contributed by atoms with Gasteiger partial charge in [-0.15, -0.1) is 0 Å². The molecule has 2 aromatic rings. The summed E-state index contributed by atoms with van der Waals surface area (Å²) in [6.07, 6.45) is 1.61.